The molecule has 0 unspecified atom stereocenters. The number of carbonyl (C=O) groups is 3. The molecule has 0 aliphatic carbocycles. The molecule has 1 fully saturated rings. The lowest BCUT2D eigenvalue weighted by Gasteiger charge is -2.40. The van der Waals surface area contributed by atoms with Crippen molar-refractivity contribution in [2.24, 2.45) is 0 Å². The highest BCUT2D eigenvalue weighted by Crippen LogP contribution is 2.20. The van der Waals surface area contributed by atoms with Gasteiger partial charge in [0.05, 0.1) is 5.56 Å². The van der Waals surface area contributed by atoms with E-state index in [1.54, 1.807) is 0 Å². The fraction of sp³-hybridized carbons (Fsp3) is 0.333. The molecule has 0 aromatic carbocycles. The molecule has 0 bridgehead atoms. The zero-order valence-corrected chi connectivity index (χ0v) is 10.4. The van der Waals surface area contributed by atoms with Crippen LogP contribution in [0.3, 0.4) is 0 Å². The van der Waals surface area contributed by atoms with Gasteiger partial charge in [-0.3, -0.25) is 19.7 Å². The van der Waals surface area contributed by atoms with Crippen LogP contribution in [-0.2, 0) is 9.59 Å². The van der Waals surface area contributed by atoms with Crippen LogP contribution in [-0.4, -0.2) is 39.7 Å². The Bertz CT molecular complexity index is 554. The molecule has 1 aliphatic heterocycles. The topological polar surface area (TPSA) is 79.4 Å². The third-order valence-corrected chi connectivity index (χ3v) is 3.00. The molecule has 0 spiro atoms. The quantitative estimate of drug-likeness (QED) is 0.577. The minimum Gasteiger partial charge on any atom is -0.315 e. The van der Waals surface area contributed by atoms with Crippen LogP contribution in [0.5, 0.6) is 0 Å². The lowest BCUT2D eigenvalue weighted by Crippen LogP contribution is -2.65. The zero-order chi connectivity index (χ0) is 14.2. The van der Waals surface area contributed by atoms with Gasteiger partial charge in [0.2, 0.25) is 11.9 Å². The predicted octanol–water partition coefficient (Wildman–Crippen LogP) is 0.0979. The Labute approximate surface area is 108 Å². The van der Waals surface area contributed by atoms with Crippen LogP contribution in [0.4, 0.5) is 4.39 Å². The fourth-order valence-corrected chi connectivity index (χ4v) is 1.77. The van der Waals surface area contributed by atoms with E-state index in [1.165, 1.54) is 19.9 Å². The van der Waals surface area contributed by atoms with Crippen molar-refractivity contribution < 1.29 is 18.8 Å². The number of rotatable bonds is 1. The summed E-state index contributed by atoms with van der Waals surface area (Å²) in [5, 5.41) is 2.17. The van der Waals surface area contributed by atoms with E-state index in [0.717, 1.165) is 17.2 Å². The third-order valence-electron chi connectivity index (χ3n) is 3.00. The number of hydrogen-bond acceptors (Lipinski definition) is 4. The lowest BCUT2D eigenvalue weighted by molar-refractivity contribution is -0.143. The Hall–Kier alpha value is -2.31. The second-order valence-electron chi connectivity index (χ2n) is 4.70. The van der Waals surface area contributed by atoms with E-state index < -0.39 is 29.2 Å². The molecule has 2 rings (SSSR count). The van der Waals surface area contributed by atoms with E-state index in [-0.39, 0.29) is 12.1 Å². The van der Waals surface area contributed by atoms with Crippen LogP contribution in [0, 0.1) is 5.95 Å². The maximum absolute atomic E-state index is 12.7. The molecule has 6 nitrogen and oxygen atoms in total. The second-order valence-corrected chi connectivity index (χ2v) is 4.70. The van der Waals surface area contributed by atoms with Gasteiger partial charge < -0.3 is 4.90 Å². The number of nitrogens with one attached hydrogen (secondary N) is 1. The first-order valence-corrected chi connectivity index (χ1v) is 5.60. The average molecular weight is 265 g/mol. The number of pyridine rings is 1. The van der Waals surface area contributed by atoms with Gasteiger partial charge in [-0.2, -0.15) is 4.39 Å². The molecular formula is C12H12FN3O3. The number of amides is 3. The molecule has 1 aromatic heterocycles. The van der Waals surface area contributed by atoms with Gasteiger partial charge in [-0.15, -0.1) is 0 Å². The number of piperazine rings is 1. The summed E-state index contributed by atoms with van der Waals surface area (Å²) in [6.07, 6.45) is 1.07. The normalized spacial score (nSPS) is 18.2. The summed E-state index contributed by atoms with van der Waals surface area (Å²) in [7, 11) is 0. The van der Waals surface area contributed by atoms with E-state index >= 15 is 0 Å². The molecule has 1 saturated heterocycles. The second kappa shape index (κ2) is 4.42. The van der Waals surface area contributed by atoms with E-state index in [9.17, 15) is 18.8 Å². The Kier molecular flexibility index (Phi) is 3.05. The summed E-state index contributed by atoms with van der Waals surface area (Å²) in [6, 6.07) is 2.31. The summed E-state index contributed by atoms with van der Waals surface area (Å²) in [4.78, 5) is 39.9. The van der Waals surface area contributed by atoms with Crippen LogP contribution < -0.4 is 5.32 Å². The number of hydrogen-bond donors (Lipinski definition) is 1. The van der Waals surface area contributed by atoms with Crippen molar-refractivity contribution in [2.75, 3.05) is 6.54 Å². The first kappa shape index (κ1) is 13.1. The molecule has 7 heteroatoms. The van der Waals surface area contributed by atoms with Gasteiger partial charge in [-0.25, -0.2) is 4.98 Å². The largest absolute Gasteiger partial charge is 0.315 e. The van der Waals surface area contributed by atoms with Gasteiger partial charge in [0.15, 0.2) is 0 Å². The smallest absolute Gasteiger partial charge is 0.256 e. The predicted molar refractivity (Wildman–Crippen MR) is 62.5 cm³/mol. The van der Waals surface area contributed by atoms with Gasteiger partial charge >= 0.3 is 0 Å². The summed E-state index contributed by atoms with van der Waals surface area (Å²) in [5.41, 5.74) is -1.03. The van der Waals surface area contributed by atoms with E-state index in [1.807, 2.05) is 0 Å². The standard InChI is InChI=1S/C12H12FN3O3/c1-12(2)11(19)15-9(17)6-16(12)10(18)7-3-4-8(13)14-5-7/h3-5H,6H2,1-2H3,(H,15,17,19). The van der Waals surface area contributed by atoms with E-state index in [0.29, 0.717) is 0 Å². The molecule has 1 aromatic rings. The fourth-order valence-electron chi connectivity index (χ4n) is 1.77. The van der Waals surface area contributed by atoms with Crippen LogP contribution >= 0.6 is 0 Å². The van der Waals surface area contributed by atoms with Crippen LogP contribution in [0.15, 0.2) is 18.3 Å². The minimum absolute atomic E-state index is 0.122. The minimum atomic E-state index is -1.15. The van der Waals surface area contributed by atoms with Gasteiger partial charge in [0.25, 0.3) is 11.8 Å². The first-order valence-electron chi connectivity index (χ1n) is 5.60. The maximum Gasteiger partial charge on any atom is 0.256 e. The van der Waals surface area contributed by atoms with Gasteiger partial charge in [-0.05, 0) is 26.0 Å². The molecule has 0 saturated carbocycles. The highest BCUT2D eigenvalue weighted by molar-refractivity contribution is 6.08. The van der Waals surface area contributed by atoms with Gasteiger partial charge in [0, 0.05) is 6.20 Å². The number of imide groups is 1. The van der Waals surface area contributed by atoms with Crippen molar-refractivity contribution in [1.29, 1.82) is 0 Å². The van der Waals surface area contributed by atoms with Gasteiger partial charge in [0.1, 0.15) is 12.1 Å². The van der Waals surface area contributed by atoms with Gasteiger partial charge in [-0.1, -0.05) is 0 Å². The van der Waals surface area contributed by atoms with Crippen molar-refractivity contribution in [3.63, 3.8) is 0 Å². The third kappa shape index (κ3) is 2.31. The molecule has 3 amide bonds. The van der Waals surface area contributed by atoms with E-state index in [4.69, 9.17) is 0 Å². The Balaban J connectivity index is 2.33. The van der Waals surface area contributed by atoms with Crippen molar-refractivity contribution in [2.45, 2.75) is 19.4 Å². The highest BCUT2D eigenvalue weighted by atomic mass is 19.1. The number of aromatic nitrogens is 1. The Morgan fingerprint density at radius 2 is 2.11 bits per heavy atom. The summed E-state index contributed by atoms with van der Waals surface area (Å²) >= 11 is 0. The number of carbonyl (C=O) groups excluding carboxylic acids is 3. The SMILES string of the molecule is CC1(C)C(=O)NC(=O)CN1C(=O)c1ccc(F)nc1. The summed E-state index contributed by atoms with van der Waals surface area (Å²) in [6.45, 7) is 2.84. The number of halogens is 1. The van der Waals surface area contributed by atoms with Crippen LogP contribution in [0.25, 0.3) is 0 Å². The average Bonchev–Trinajstić information content (AvgIpc) is 2.34. The summed E-state index contributed by atoms with van der Waals surface area (Å²) < 4.78 is 12.7. The van der Waals surface area contributed by atoms with Crippen molar-refractivity contribution in [3.8, 4) is 0 Å². The zero-order valence-electron chi connectivity index (χ0n) is 10.4. The van der Waals surface area contributed by atoms with Crippen molar-refractivity contribution in [1.82, 2.24) is 15.2 Å². The lowest BCUT2D eigenvalue weighted by atomic mass is 9.97. The number of nitrogens with zero attached hydrogens (tertiary/aromatic N) is 2. The van der Waals surface area contributed by atoms with E-state index in [2.05, 4.69) is 10.3 Å². The molecule has 100 valence electrons. The molecule has 0 radical (unpaired) electrons. The molecule has 2 heterocycles. The van der Waals surface area contributed by atoms with Crippen molar-refractivity contribution >= 4 is 17.7 Å². The van der Waals surface area contributed by atoms with Crippen LogP contribution in [0.1, 0.15) is 24.2 Å². The first-order chi connectivity index (χ1) is 8.82. The molecular weight excluding hydrogens is 253 g/mol. The highest BCUT2D eigenvalue weighted by Gasteiger charge is 2.43. The molecule has 0 atom stereocenters. The Morgan fingerprint density at radius 3 is 2.68 bits per heavy atom. The molecule has 1 N–H and O–H groups in total. The Morgan fingerprint density at radius 1 is 1.42 bits per heavy atom. The summed E-state index contributed by atoms with van der Waals surface area (Å²) in [5.74, 6) is -2.34. The van der Waals surface area contributed by atoms with Crippen molar-refractivity contribution in [3.05, 3.63) is 29.8 Å². The molecule has 19 heavy (non-hydrogen) atoms. The van der Waals surface area contributed by atoms with Crippen LogP contribution in [0.2, 0.25) is 0 Å². The monoisotopic (exact) mass is 265 g/mol. The molecule has 1 aliphatic rings. The maximum atomic E-state index is 12.7.